The van der Waals surface area contributed by atoms with Crippen molar-refractivity contribution in [2.75, 3.05) is 13.7 Å². The molecular formula is C19H16ClN5O2. The predicted octanol–water partition coefficient (Wildman–Crippen LogP) is 3.25. The maximum absolute atomic E-state index is 12.9. The van der Waals surface area contributed by atoms with E-state index >= 15 is 0 Å². The van der Waals surface area contributed by atoms with E-state index in [-0.39, 0.29) is 17.8 Å². The van der Waals surface area contributed by atoms with Crippen LogP contribution in [0.5, 0.6) is 5.75 Å². The van der Waals surface area contributed by atoms with E-state index in [1.807, 2.05) is 13.0 Å². The van der Waals surface area contributed by atoms with Crippen LogP contribution in [0.3, 0.4) is 0 Å². The van der Waals surface area contributed by atoms with Crippen molar-refractivity contribution in [2.24, 2.45) is 0 Å². The number of methoxy groups -OCH3 is 1. The number of hydrogen-bond donors (Lipinski definition) is 1. The summed E-state index contributed by atoms with van der Waals surface area (Å²) in [4.78, 5) is 26.2. The lowest BCUT2D eigenvalue weighted by atomic mass is 9.96. The number of amides is 1. The highest BCUT2D eigenvalue weighted by Gasteiger charge is 2.32. The fourth-order valence-electron chi connectivity index (χ4n) is 3.62. The van der Waals surface area contributed by atoms with Gasteiger partial charge in [0.1, 0.15) is 6.07 Å². The summed E-state index contributed by atoms with van der Waals surface area (Å²) < 4.78 is 5.04. The summed E-state index contributed by atoms with van der Waals surface area (Å²) in [5, 5.41) is 10.8. The zero-order valence-electron chi connectivity index (χ0n) is 14.8. The molecule has 136 valence electrons. The minimum Gasteiger partial charge on any atom is -0.494 e. The average Bonchev–Trinajstić information content (AvgIpc) is 3.07. The minimum atomic E-state index is -0.236. The van der Waals surface area contributed by atoms with Gasteiger partial charge in [0.15, 0.2) is 5.75 Å². The van der Waals surface area contributed by atoms with Gasteiger partial charge in [0, 0.05) is 29.6 Å². The largest absolute Gasteiger partial charge is 0.494 e. The number of ether oxygens (including phenoxy) is 1. The highest BCUT2D eigenvalue weighted by Crippen LogP contribution is 2.38. The standard InChI is InChI=1S/C19H16ClN5O2/c1-10-16-12-3-4-14(20)13(7-21)17(12)24-15(16)5-6-25(10)19(26)18-22-8-11(27-2)9-23-18/h3-4,8-10,24H,5-6H2,1-2H3. The van der Waals surface area contributed by atoms with Crippen molar-refractivity contribution in [3.05, 3.63) is 52.2 Å². The Hall–Kier alpha value is -3.11. The second kappa shape index (κ2) is 6.56. The summed E-state index contributed by atoms with van der Waals surface area (Å²) in [6, 6.07) is 5.58. The van der Waals surface area contributed by atoms with E-state index in [1.165, 1.54) is 19.5 Å². The number of fused-ring (bicyclic) bond motifs is 3. The quantitative estimate of drug-likeness (QED) is 0.735. The number of carbonyl (C=O) groups is 1. The first-order valence-corrected chi connectivity index (χ1v) is 8.83. The Morgan fingerprint density at radius 1 is 1.41 bits per heavy atom. The van der Waals surface area contributed by atoms with Gasteiger partial charge in [0.05, 0.1) is 41.6 Å². The van der Waals surface area contributed by atoms with Crippen LogP contribution in [0.15, 0.2) is 24.5 Å². The molecule has 0 radical (unpaired) electrons. The summed E-state index contributed by atoms with van der Waals surface area (Å²) in [5.41, 5.74) is 3.17. The third kappa shape index (κ3) is 2.69. The SMILES string of the molecule is COc1cnc(C(=O)N2CCc3[nH]c4c(C#N)c(Cl)ccc4c3C2C)nc1. The molecule has 3 heterocycles. The van der Waals surface area contributed by atoms with Gasteiger partial charge in [-0.1, -0.05) is 17.7 Å². The second-order valence-corrected chi connectivity index (χ2v) is 6.75. The second-order valence-electron chi connectivity index (χ2n) is 6.34. The third-order valence-corrected chi connectivity index (χ3v) is 5.28. The first-order valence-electron chi connectivity index (χ1n) is 8.45. The molecule has 1 aromatic carbocycles. The van der Waals surface area contributed by atoms with E-state index in [0.29, 0.717) is 29.3 Å². The molecule has 1 aliphatic heterocycles. The molecule has 1 N–H and O–H groups in total. The zero-order valence-corrected chi connectivity index (χ0v) is 15.5. The van der Waals surface area contributed by atoms with E-state index in [2.05, 4.69) is 21.0 Å². The minimum absolute atomic E-state index is 0.131. The fraction of sp³-hybridized carbons (Fsp3) is 0.263. The van der Waals surface area contributed by atoms with Crippen LogP contribution in [-0.4, -0.2) is 39.4 Å². The Morgan fingerprint density at radius 2 is 2.15 bits per heavy atom. The number of halogens is 1. The molecule has 0 saturated heterocycles. The van der Waals surface area contributed by atoms with Crippen LogP contribution >= 0.6 is 11.6 Å². The molecular weight excluding hydrogens is 366 g/mol. The van der Waals surface area contributed by atoms with E-state index < -0.39 is 0 Å². The average molecular weight is 382 g/mol. The van der Waals surface area contributed by atoms with Crippen LogP contribution in [0.1, 0.15) is 40.4 Å². The molecule has 27 heavy (non-hydrogen) atoms. The molecule has 0 bridgehead atoms. The van der Waals surface area contributed by atoms with Gasteiger partial charge in [-0.2, -0.15) is 5.26 Å². The highest BCUT2D eigenvalue weighted by molar-refractivity contribution is 6.32. The van der Waals surface area contributed by atoms with Gasteiger partial charge in [-0.15, -0.1) is 0 Å². The Morgan fingerprint density at radius 3 is 2.81 bits per heavy atom. The van der Waals surface area contributed by atoms with E-state index in [0.717, 1.165) is 22.2 Å². The molecule has 4 rings (SSSR count). The summed E-state index contributed by atoms with van der Waals surface area (Å²) in [6.07, 6.45) is 3.61. The first-order chi connectivity index (χ1) is 13.0. The van der Waals surface area contributed by atoms with Gasteiger partial charge in [-0.05, 0) is 13.0 Å². The van der Waals surface area contributed by atoms with Crippen molar-refractivity contribution in [1.29, 1.82) is 5.26 Å². The molecule has 0 saturated carbocycles. The molecule has 1 amide bonds. The van der Waals surface area contributed by atoms with Crippen LogP contribution in [0.25, 0.3) is 10.9 Å². The number of carbonyl (C=O) groups excluding carboxylic acids is 1. The Balaban J connectivity index is 1.74. The van der Waals surface area contributed by atoms with Gasteiger partial charge in [0.25, 0.3) is 5.91 Å². The summed E-state index contributed by atoms with van der Waals surface area (Å²) in [6.45, 7) is 2.50. The molecule has 7 nitrogen and oxygen atoms in total. The Bertz CT molecular complexity index is 1080. The number of H-pyrrole nitrogens is 1. The third-order valence-electron chi connectivity index (χ3n) is 4.96. The number of aromatic amines is 1. The molecule has 8 heteroatoms. The van der Waals surface area contributed by atoms with E-state index in [1.54, 1.807) is 11.0 Å². The molecule has 1 unspecified atom stereocenters. The fourth-order valence-corrected chi connectivity index (χ4v) is 3.82. The van der Waals surface area contributed by atoms with E-state index in [9.17, 15) is 10.1 Å². The lowest BCUT2D eigenvalue weighted by Gasteiger charge is -2.33. The molecule has 2 aromatic heterocycles. The number of hydrogen-bond acceptors (Lipinski definition) is 5. The van der Waals surface area contributed by atoms with Crippen LogP contribution in [-0.2, 0) is 6.42 Å². The van der Waals surface area contributed by atoms with Gasteiger partial charge in [-0.25, -0.2) is 9.97 Å². The number of nitrogens with one attached hydrogen (secondary N) is 1. The lowest BCUT2D eigenvalue weighted by Crippen LogP contribution is -2.39. The molecule has 0 aliphatic carbocycles. The maximum atomic E-state index is 12.9. The van der Waals surface area contributed by atoms with Crippen molar-refractivity contribution in [3.63, 3.8) is 0 Å². The summed E-state index contributed by atoms with van der Waals surface area (Å²) in [5.74, 6) is 0.393. The van der Waals surface area contributed by atoms with Crippen molar-refractivity contribution >= 4 is 28.4 Å². The van der Waals surface area contributed by atoms with Crippen molar-refractivity contribution in [1.82, 2.24) is 19.9 Å². The summed E-state index contributed by atoms with van der Waals surface area (Å²) in [7, 11) is 1.52. The van der Waals surface area contributed by atoms with Gasteiger partial charge < -0.3 is 14.6 Å². The van der Waals surface area contributed by atoms with Crippen LogP contribution in [0.4, 0.5) is 0 Å². The molecule has 0 spiro atoms. The number of rotatable bonds is 2. The predicted molar refractivity (Wildman–Crippen MR) is 99.8 cm³/mol. The van der Waals surface area contributed by atoms with Crippen molar-refractivity contribution < 1.29 is 9.53 Å². The zero-order chi connectivity index (χ0) is 19.1. The molecule has 1 aliphatic rings. The van der Waals surface area contributed by atoms with Crippen LogP contribution < -0.4 is 4.74 Å². The highest BCUT2D eigenvalue weighted by atomic mass is 35.5. The smallest absolute Gasteiger partial charge is 0.292 e. The monoisotopic (exact) mass is 381 g/mol. The van der Waals surface area contributed by atoms with Gasteiger partial charge in [0.2, 0.25) is 5.82 Å². The molecule has 3 aromatic rings. The molecule has 0 fully saturated rings. The number of nitriles is 1. The number of nitrogens with zero attached hydrogens (tertiary/aromatic N) is 4. The normalized spacial score (nSPS) is 16.1. The van der Waals surface area contributed by atoms with E-state index in [4.69, 9.17) is 16.3 Å². The Labute approximate surface area is 160 Å². The van der Waals surface area contributed by atoms with Crippen LogP contribution in [0, 0.1) is 11.3 Å². The Kier molecular flexibility index (Phi) is 4.21. The van der Waals surface area contributed by atoms with Gasteiger partial charge >= 0.3 is 0 Å². The van der Waals surface area contributed by atoms with Crippen molar-refractivity contribution in [3.8, 4) is 11.8 Å². The summed E-state index contributed by atoms with van der Waals surface area (Å²) >= 11 is 6.15. The van der Waals surface area contributed by atoms with Crippen LogP contribution in [0.2, 0.25) is 5.02 Å². The van der Waals surface area contributed by atoms with Crippen molar-refractivity contribution in [2.45, 2.75) is 19.4 Å². The lowest BCUT2D eigenvalue weighted by molar-refractivity contribution is 0.0665. The first kappa shape index (κ1) is 17.3. The van der Waals surface area contributed by atoms with Gasteiger partial charge in [-0.3, -0.25) is 4.79 Å². The maximum Gasteiger partial charge on any atom is 0.292 e. The molecule has 1 atom stereocenters. The number of aromatic nitrogens is 3. The topological polar surface area (TPSA) is 94.9 Å². The number of benzene rings is 1.